The molecule has 47 heavy (non-hydrogen) atoms. The van der Waals surface area contributed by atoms with Gasteiger partial charge < -0.3 is 26.4 Å². The monoisotopic (exact) mass is 673 g/mol. The van der Waals surface area contributed by atoms with Gasteiger partial charge in [-0.1, -0.05) is 59.1 Å². The van der Waals surface area contributed by atoms with E-state index in [1.54, 1.807) is 31.3 Å². The number of thiazole rings is 1. The van der Waals surface area contributed by atoms with Gasteiger partial charge in [0.2, 0.25) is 5.91 Å². The Kier molecular flexibility index (Phi) is 16.7. The number of carboxylic acid groups (broad SMARTS) is 1. The molecule has 0 spiro atoms. The fraction of sp³-hybridized carbons (Fsp3) is 0.676. The highest BCUT2D eigenvalue weighted by molar-refractivity contribution is 7.18. The standard InChI is InChI=1S/C31H46N2O4S.C6H13NO2/c1-7-9-23-16-20(2)10-8-14-31(6,19-34)15-13-24(22-11-12-26-25(17-22)32-21(3)38-26)33-28(36)18-27(35)30(4,5)29(23)37;7-5-3-1-2-4-6(8)9/h7,11-12,17,20,23-24,27,34-35H,1,8-10,13-16,18-19H2,2-6H3,(H,33,36);1-5,7H2,(H,8,9)/t20-,23+,24-,27-,31+;/m0./s1. The third-order valence-corrected chi connectivity index (χ3v) is 10.6. The van der Waals surface area contributed by atoms with Gasteiger partial charge >= 0.3 is 5.97 Å². The molecule has 1 aromatic heterocycles. The maximum absolute atomic E-state index is 13.6. The third-order valence-electron chi connectivity index (χ3n) is 9.60. The lowest BCUT2D eigenvalue weighted by atomic mass is 9.72. The molecule has 264 valence electrons. The average molecular weight is 674 g/mol. The number of aliphatic hydroxyl groups is 2. The highest BCUT2D eigenvalue weighted by Gasteiger charge is 2.40. The number of hydrogen-bond acceptors (Lipinski definition) is 8. The number of aryl methyl sites for hydroxylation is 1. The average Bonchev–Trinajstić information content (AvgIpc) is 3.39. The van der Waals surface area contributed by atoms with Crippen molar-refractivity contribution in [2.24, 2.45) is 28.4 Å². The van der Waals surface area contributed by atoms with Gasteiger partial charge in [0.25, 0.3) is 0 Å². The Morgan fingerprint density at radius 2 is 1.89 bits per heavy atom. The van der Waals surface area contributed by atoms with Gasteiger partial charge in [0.15, 0.2) is 0 Å². The van der Waals surface area contributed by atoms with Gasteiger partial charge in [0.05, 0.1) is 39.2 Å². The SMILES string of the molecule is C=CC[C@@H]1C[C@@H](C)CCC[C@@](C)(CO)CC[C@@H](c2ccc3sc(C)nc3c2)NC(=O)C[C@H](O)C(C)(C)C1=O.NCCCCCC(=O)O. The minimum Gasteiger partial charge on any atom is -0.481 e. The van der Waals surface area contributed by atoms with Crippen LogP contribution in [0.1, 0.15) is 121 Å². The van der Waals surface area contributed by atoms with Gasteiger partial charge in [-0.3, -0.25) is 14.4 Å². The maximum Gasteiger partial charge on any atom is 0.303 e. The van der Waals surface area contributed by atoms with Crippen LogP contribution in [0.2, 0.25) is 0 Å². The van der Waals surface area contributed by atoms with Crippen LogP contribution in [0.5, 0.6) is 0 Å². The summed E-state index contributed by atoms with van der Waals surface area (Å²) in [6.45, 7) is 14.4. The minimum atomic E-state index is -1.10. The minimum absolute atomic E-state index is 0.0160. The number of benzene rings is 1. The second-order valence-corrected chi connectivity index (χ2v) is 15.6. The van der Waals surface area contributed by atoms with Gasteiger partial charge in [0.1, 0.15) is 5.78 Å². The number of Topliss-reactive ketones (excluding diaryl/α,β-unsaturated/α-hetero) is 1. The summed E-state index contributed by atoms with van der Waals surface area (Å²) >= 11 is 1.64. The first kappa shape index (κ1) is 40.5. The molecule has 0 aliphatic carbocycles. The number of carbonyl (C=O) groups excluding carboxylic acids is 2. The summed E-state index contributed by atoms with van der Waals surface area (Å²) in [6, 6.07) is 5.82. The van der Waals surface area contributed by atoms with Gasteiger partial charge in [0, 0.05) is 18.9 Å². The highest BCUT2D eigenvalue weighted by atomic mass is 32.1. The van der Waals surface area contributed by atoms with Gasteiger partial charge in [-0.2, -0.15) is 0 Å². The molecule has 1 fully saturated rings. The lowest BCUT2D eigenvalue weighted by Crippen LogP contribution is -2.44. The van der Waals surface area contributed by atoms with Crippen molar-refractivity contribution in [3.8, 4) is 0 Å². The van der Waals surface area contributed by atoms with E-state index in [0.717, 1.165) is 72.2 Å². The Bertz CT molecular complexity index is 1310. The summed E-state index contributed by atoms with van der Waals surface area (Å²) in [6.07, 6.45) is 8.93. The number of carbonyl (C=O) groups is 3. The lowest BCUT2D eigenvalue weighted by molar-refractivity contribution is -0.140. The molecule has 1 amide bonds. The molecule has 0 unspecified atom stereocenters. The van der Waals surface area contributed by atoms with E-state index < -0.39 is 17.5 Å². The number of nitrogens with one attached hydrogen (secondary N) is 1. The Hall–Kier alpha value is -2.66. The van der Waals surface area contributed by atoms with Crippen LogP contribution in [0.3, 0.4) is 0 Å². The summed E-state index contributed by atoms with van der Waals surface area (Å²) in [5.41, 5.74) is 5.75. The summed E-state index contributed by atoms with van der Waals surface area (Å²) < 4.78 is 1.10. The number of nitrogens with two attached hydrogens (primary N) is 1. The van der Waals surface area contributed by atoms with Crippen LogP contribution in [0.25, 0.3) is 10.2 Å². The molecule has 0 saturated carbocycles. The molecule has 0 bridgehead atoms. The van der Waals surface area contributed by atoms with Crippen LogP contribution < -0.4 is 11.1 Å². The van der Waals surface area contributed by atoms with Crippen molar-refractivity contribution in [3.63, 3.8) is 0 Å². The van der Waals surface area contributed by atoms with Crippen molar-refractivity contribution in [1.82, 2.24) is 10.3 Å². The normalized spacial score (nSPS) is 26.2. The van der Waals surface area contributed by atoms with Crippen molar-refractivity contribution in [3.05, 3.63) is 41.4 Å². The number of aliphatic carboxylic acids is 1. The van der Waals surface area contributed by atoms with Crippen LogP contribution >= 0.6 is 11.3 Å². The van der Waals surface area contributed by atoms with Crippen LogP contribution in [-0.4, -0.2) is 57.2 Å². The van der Waals surface area contributed by atoms with E-state index >= 15 is 0 Å². The number of amides is 1. The van der Waals surface area contributed by atoms with Crippen LogP contribution in [0.15, 0.2) is 30.9 Å². The van der Waals surface area contributed by atoms with E-state index in [2.05, 4.69) is 30.7 Å². The van der Waals surface area contributed by atoms with E-state index in [-0.39, 0.29) is 48.5 Å². The Morgan fingerprint density at radius 1 is 1.17 bits per heavy atom. The lowest BCUT2D eigenvalue weighted by Gasteiger charge is -2.34. The zero-order valence-electron chi connectivity index (χ0n) is 29.2. The molecule has 0 radical (unpaired) electrons. The zero-order chi connectivity index (χ0) is 35.2. The van der Waals surface area contributed by atoms with Crippen molar-refractivity contribution in [1.29, 1.82) is 0 Å². The van der Waals surface area contributed by atoms with Crippen LogP contribution in [0, 0.1) is 29.6 Å². The fourth-order valence-electron chi connectivity index (χ4n) is 6.34. The molecule has 3 rings (SSSR count). The molecule has 9 nitrogen and oxygen atoms in total. The maximum atomic E-state index is 13.6. The molecule has 10 heteroatoms. The fourth-order valence-corrected chi connectivity index (χ4v) is 7.15. The molecule has 1 aromatic carbocycles. The molecule has 2 heterocycles. The first-order valence-corrected chi connectivity index (χ1v) is 18.0. The molecule has 5 atom stereocenters. The second-order valence-electron chi connectivity index (χ2n) is 14.3. The van der Waals surface area contributed by atoms with E-state index in [9.17, 15) is 24.6 Å². The number of aromatic nitrogens is 1. The van der Waals surface area contributed by atoms with E-state index in [0.29, 0.717) is 25.3 Å². The topological polar surface area (TPSA) is 163 Å². The van der Waals surface area contributed by atoms with E-state index in [4.69, 9.17) is 10.8 Å². The molecule has 2 aromatic rings. The summed E-state index contributed by atoms with van der Waals surface area (Å²) in [4.78, 5) is 41.4. The van der Waals surface area contributed by atoms with Crippen LogP contribution in [0.4, 0.5) is 0 Å². The Labute approximate surface area is 285 Å². The predicted octanol–water partition coefficient (Wildman–Crippen LogP) is 6.88. The first-order chi connectivity index (χ1) is 22.1. The smallest absolute Gasteiger partial charge is 0.303 e. The predicted molar refractivity (Wildman–Crippen MR) is 190 cm³/mol. The number of aliphatic hydroxyl groups excluding tert-OH is 2. The van der Waals surface area contributed by atoms with E-state index in [1.807, 2.05) is 25.1 Å². The number of nitrogens with zero attached hydrogens (tertiary/aromatic N) is 1. The van der Waals surface area contributed by atoms with Crippen LogP contribution in [-0.2, 0) is 14.4 Å². The molecule has 6 N–H and O–H groups in total. The quantitative estimate of drug-likeness (QED) is 0.142. The number of ketones is 1. The molecule has 1 aliphatic rings. The van der Waals surface area contributed by atoms with Crippen molar-refractivity contribution in [2.45, 2.75) is 124 Å². The molecular formula is C37H59N3O6S. The number of allylic oxidation sites excluding steroid dienone is 1. The number of carboxylic acids is 1. The van der Waals surface area contributed by atoms with Gasteiger partial charge in [-0.05, 0) is 87.4 Å². The van der Waals surface area contributed by atoms with Crippen molar-refractivity contribution >= 4 is 39.2 Å². The number of rotatable bonds is 9. The van der Waals surface area contributed by atoms with Gasteiger partial charge in [-0.15, -0.1) is 17.9 Å². The van der Waals surface area contributed by atoms with E-state index in [1.165, 1.54) is 0 Å². The summed E-state index contributed by atoms with van der Waals surface area (Å²) in [5, 5.41) is 33.7. The zero-order valence-corrected chi connectivity index (χ0v) is 30.0. The number of unbranched alkanes of at least 4 members (excludes halogenated alkanes) is 2. The molecular weight excluding hydrogens is 614 g/mol. The highest BCUT2D eigenvalue weighted by Crippen LogP contribution is 2.37. The largest absolute Gasteiger partial charge is 0.481 e. The molecule has 1 aliphatic heterocycles. The summed E-state index contributed by atoms with van der Waals surface area (Å²) in [5.74, 6) is -0.931. The third kappa shape index (κ3) is 13.0. The second kappa shape index (κ2) is 19.4. The number of hydrogen-bond donors (Lipinski definition) is 5. The Morgan fingerprint density at radius 3 is 2.53 bits per heavy atom. The number of fused-ring (bicyclic) bond motifs is 1. The van der Waals surface area contributed by atoms with Gasteiger partial charge in [-0.25, -0.2) is 4.98 Å². The molecule has 1 saturated heterocycles. The first-order valence-electron chi connectivity index (χ1n) is 17.2. The van der Waals surface area contributed by atoms with Crippen molar-refractivity contribution < 1.29 is 29.7 Å². The Balaban J connectivity index is 0.000000745. The summed E-state index contributed by atoms with van der Waals surface area (Å²) in [7, 11) is 0. The van der Waals surface area contributed by atoms with Crippen molar-refractivity contribution in [2.75, 3.05) is 13.2 Å².